The second-order valence-corrected chi connectivity index (χ2v) is 4.16. The van der Waals surface area contributed by atoms with Crippen molar-refractivity contribution in [2.45, 2.75) is 31.9 Å². The first-order valence-corrected chi connectivity index (χ1v) is 5.95. The number of rotatable bonds is 6. The van der Waals surface area contributed by atoms with Gasteiger partial charge in [-0.15, -0.1) is 0 Å². The van der Waals surface area contributed by atoms with E-state index in [0.29, 0.717) is 6.61 Å². The summed E-state index contributed by atoms with van der Waals surface area (Å²) in [5, 5.41) is 12.5. The molecule has 1 rings (SSSR count). The highest BCUT2D eigenvalue weighted by molar-refractivity contribution is 5.31. The Bertz CT molecular complexity index is 372. The summed E-state index contributed by atoms with van der Waals surface area (Å²) < 4.78 is 5.71. The highest BCUT2D eigenvalue weighted by Crippen LogP contribution is 2.21. The van der Waals surface area contributed by atoms with Crippen LogP contribution in [-0.2, 0) is 10.3 Å². The van der Waals surface area contributed by atoms with Crippen molar-refractivity contribution in [1.29, 1.82) is 5.26 Å². The molecular weight excluding hydrogens is 212 g/mol. The number of likely N-dealkylation sites (N-methyl/N-ethyl adjacent to an activating group) is 1. The zero-order valence-corrected chi connectivity index (χ0v) is 10.7. The molecule has 0 bridgehead atoms. The van der Waals surface area contributed by atoms with E-state index in [2.05, 4.69) is 18.3 Å². The molecule has 0 amide bonds. The minimum absolute atomic E-state index is 0.166. The van der Waals surface area contributed by atoms with Crippen molar-refractivity contribution in [2.75, 3.05) is 13.7 Å². The molecule has 3 heteroatoms. The van der Waals surface area contributed by atoms with Gasteiger partial charge in [0.1, 0.15) is 0 Å². The standard InChI is InChI=1S/C14H20N2O/c1-4-12(2)17-11-14(10-15,16-3)13-8-6-5-7-9-13/h5-9,12,16H,4,11H2,1-3H3. The van der Waals surface area contributed by atoms with Crippen molar-refractivity contribution in [3.8, 4) is 6.07 Å². The van der Waals surface area contributed by atoms with E-state index in [9.17, 15) is 5.26 Å². The normalized spacial score (nSPS) is 15.9. The number of benzene rings is 1. The van der Waals surface area contributed by atoms with Crippen molar-refractivity contribution in [3.63, 3.8) is 0 Å². The molecule has 92 valence electrons. The molecule has 0 aliphatic carbocycles. The lowest BCUT2D eigenvalue weighted by atomic mass is 9.92. The Kier molecular flexibility index (Phi) is 5.14. The number of hydrogen-bond acceptors (Lipinski definition) is 3. The molecule has 0 saturated heterocycles. The van der Waals surface area contributed by atoms with Crippen molar-refractivity contribution in [2.24, 2.45) is 0 Å². The van der Waals surface area contributed by atoms with Crippen molar-refractivity contribution in [3.05, 3.63) is 35.9 Å². The number of ether oxygens (including phenoxy) is 1. The van der Waals surface area contributed by atoms with E-state index in [1.165, 1.54) is 0 Å². The van der Waals surface area contributed by atoms with Gasteiger partial charge in [-0.1, -0.05) is 37.3 Å². The molecule has 0 saturated carbocycles. The Morgan fingerprint density at radius 2 is 2.06 bits per heavy atom. The monoisotopic (exact) mass is 232 g/mol. The Balaban J connectivity index is 2.87. The van der Waals surface area contributed by atoms with E-state index >= 15 is 0 Å². The summed E-state index contributed by atoms with van der Waals surface area (Å²) in [5.74, 6) is 0. The molecule has 0 aromatic heterocycles. The molecule has 2 atom stereocenters. The van der Waals surface area contributed by atoms with Crippen LogP contribution in [0.5, 0.6) is 0 Å². The number of nitrogens with one attached hydrogen (secondary N) is 1. The van der Waals surface area contributed by atoms with Gasteiger partial charge in [0, 0.05) is 0 Å². The lowest BCUT2D eigenvalue weighted by Crippen LogP contribution is -2.43. The van der Waals surface area contributed by atoms with E-state index < -0.39 is 5.54 Å². The average molecular weight is 232 g/mol. The third-order valence-corrected chi connectivity index (χ3v) is 3.04. The lowest BCUT2D eigenvalue weighted by molar-refractivity contribution is 0.0326. The van der Waals surface area contributed by atoms with Crippen LogP contribution < -0.4 is 5.32 Å². The fourth-order valence-electron chi connectivity index (χ4n) is 1.56. The Hall–Kier alpha value is -1.37. The summed E-state index contributed by atoms with van der Waals surface area (Å²) in [6.07, 6.45) is 1.11. The highest BCUT2D eigenvalue weighted by Gasteiger charge is 2.31. The predicted molar refractivity (Wildman–Crippen MR) is 68.5 cm³/mol. The smallest absolute Gasteiger partial charge is 0.155 e. The van der Waals surface area contributed by atoms with Crippen LogP contribution in [0.25, 0.3) is 0 Å². The van der Waals surface area contributed by atoms with Gasteiger partial charge in [-0.2, -0.15) is 5.26 Å². The first-order valence-electron chi connectivity index (χ1n) is 5.95. The molecule has 17 heavy (non-hydrogen) atoms. The summed E-state index contributed by atoms with van der Waals surface area (Å²) in [6, 6.07) is 12.0. The fraction of sp³-hybridized carbons (Fsp3) is 0.500. The maximum Gasteiger partial charge on any atom is 0.155 e. The van der Waals surface area contributed by atoms with Crippen LogP contribution in [-0.4, -0.2) is 19.8 Å². The molecule has 1 N–H and O–H groups in total. The quantitative estimate of drug-likeness (QED) is 0.819. The summed E-state index contributed by atoms with van der Waals surface area (Å²) in [5.41, 5.74) is 0.179. The predicted octanol–water partition coefficient (Wildman–Crippen LogP) is 2.44. The van der Waals surface area contributed by atoms with Gasteiger partial charge in [0.15, 0.2) is 5.54 Å². The summed E-state index contributed by atoms with van der Waals surface area (Å²) in [7, 11) is 1.79. The Morgan fingerprint density at radius 1 is 1.41 bits per heavy atom. The maximum atomic E-state index is 9.42. The van der Waals surface area contributed by atoms with Crippen molar-refractivity contribution in [1.82, 2.24) is 5.32 Å². The summed E-state index contributed by atoms with van der Waals surface area (Å²) in [4.78, 5) is 0. The summed E-state index contributed by atoms with van der Waals surface area (Å²) >= 11 is 0. The Morgan fingerprint density at radius 3 is 2.53 bits per heavy atom. The van der Waals surface area contributed by atoms with Crippen LogP contribution >= 0.6 is 0 Å². The van der Waals surface area contributed by atoms with Crippen molar-refractivity contribution < 1.29 is 4.74 Å². The molecule has 0 fully saturated rings. The maximum absolute atomic E-state index is 9.42. The molecule has 0 aliphatic heterocycles. The molecule has 0 spiro atoms. The largest absolute Gasteiger partial charge is 0.375 e. The molecule has 1 aromatic rings. The van der Waals surface area contributed by atoms with Crippen LogP contribution in [0.3, 0.4) is 0 Å². The third-order valence-electron chi connectivity index (χ3n) is 3.04. The van der Waals surface area contributed by atoms with Crippen LogP contribution in [0.15, 0.2) is 30.3 Å². The van der Waals surface area contributed by atoms with E-state index in [1.54, 1.807) is 7.05 Å². The van der Waals surface area contributed by atoms with Gasteiger partial charge in [0.05, 0.1) is 18.8 Å². The third kappa shape index (κ3) is 3.29. The molecule has 3 nitrogen and oxygen atoms in total. The number of nitrogens with zero attached hydrogens (tertiary/aromatic N) is 1. The first-order chi connectivity index (χ1) is 8.18. The van der Waals surface area contributed by atoms with Crippen molar-refractivity contribution >= 4 is 0 Å². The second-order valence-electron chi connectivity index (χ2n) is 4.16. The molecule has 2 unspecified atom stereocenters. The summed E-state index contributed by atoms with van der Waals surface area (Å²) in [6.45, 7) is 4.45. The van der Waals surface area contributed by atoms with E-state index in [4.69, 9.17) is 4.74 Å². The zero-order valence-electron chi connectivity index (χ0n) is 10.7. The van der Waals surface area contributed by atoms with E-state index in [0.717, 1.165) is 12.0 Å². The Labute approximate surface area is 103 Å². The minimum Gasteiger partial charge on any atom is -0.375 e. The molecule has 0 aliphatic rings. The molecule has 0 radical (unpaired) electrons. The van der Waals surface area contributed by atoms with Gasteiger partial charge in [-0.3, -0.25) is 5.32 Å². The van der Waals surface area contributed by atoms with Gasteiger partial charge in [-0.25, -0.2) is 0 Å². The first kappa shape index (κ1) is 13.7. The lowest BCUT2D eigenvalue weighted by Gasteiger charge is -2.27. The number of nitriles is 1. The van der Waals surface area contributed by atoms with E-state index in [-0.39, 0.29) is 6.10 Å². The zero-order chi connectivity index (χ0) is 12.7. The highest BCUT2D eigenvalue weighted by atomic mass is 16.5. The minimum atomic E-state index is -0.759. The van der Waals surface area contributed by atoms with Crippen LogP contribution in [0, 0.1) is 11.3 Å². The van der Waals surface area contributed by atoms with Crippen LogP contribution in [0.2, 0.25) is 0 Å². The van der Waals surface area contributed by atoms with Gasteiger partial charge in [0.25, 0.3) is 0 Å². The van der Waals surface area contributed by atoms with Gasteiger partial charge >= 0.3 is 0 Å². The van der Waals surface area contributed by atoms with Gasteiger partial charge in [0.2, 0.25) is 0 Å². The molecule has 1 aromatic carbocycles. The van der Waals surface area contributed by atoms with Gasteiger partial charge in [-0.05, 0) is 26.0 Å². The van der Waals surface area contributed by atoms with Crippen LogP contribution in [0.1, 0.15) is 25.8 Å². The van der Waals surface area contributed by atoms with Gasteiger partial charge < -0.3 is 4.74 Å². The SMILES string of the molecule is CCC(C)OCC(C#N)(NC)c1ccccc1. The second kappa shape index (κ2) is 6.39. The fourth-order valence-corrected chi connectivity index (χ4v) is 1.56. The topological polar surface area (TPSA) is 45.0 Å². The molecule has 0 heterocycles. The number of hydrogen-bond donors (Lipinski definition) is 1. The van der Waals surface area contributed by atoms with E-state index in [1.807, 2.05) is 37.3 Å². The van der Waals surface area contributed by atoms with Crippen LogP contribution in [0.4, 0.5) is 0 Å². The molecular formula is C14H20N2O. The average Bonchev–Trinajstić information content (AvgIpc) is 2.41.